The molecule has 0 saturated heterocycles. The van der Waals surface area contributed by atoms with Gasteiger partial charge in [0.05, 0.1) is 0 Å². The standard InChI is InChI=1S/C11H10BrF2NO/c1-6-3-4-8(13)9(10(6)14)11(16)15-5-7(2)12/h3-4H,2,5H2,1H3,(H,15,16). The number of halogens is 3. The van der Waals surface area contributed by atoms with Crippen LogP contribution in [0.4, 0.5) is 8.78 Å². The first-order chi connectivity index (χ1) is 7.43. The van der Waals surface area contributed by atoms with Crippen LogP contribution >= 0.6 is 15.9 Å². The van der Waals surface area contributed by atoms with Gasteiger partial charge >= 0.3 is 0 Å². The van der Waals surface area contributed by atoms with Crippen molar-refractivity contribution in [3.05, 3.63) is 46.0 Å². The fraction of sp³-hybridized carbons (Fsp3) is 0.182. The summed E-state index contributed by atoms with van der Waals surface area (Å²) in [7, 11) is 0. The largest absolute Gasteiger partial charge is 0.347 e. The molecule has 0 aliphatic rings. The van der Waals surface area contributed by atoms with Gasteiger partial charge in [0.1, 0.15) is 17.2 Å². The Labute approximate surface area is 100 Å². The van der Waals surface area contributed by atoms with Gasteiger partial charge in [0.25, 0.3) is 5.91 Å². The second kappa shape index (κ2) is 5.21. The number of carbonyl (C=O) groups is 1. The Morgan fingerprint density at radius 3 is 2.69 bits per heavy atom. The molecule has 5 heteroatoms. The van der Waals surface area contributed by atoms with Crippen LogP contribution in [-0.4, -0.2) is 12.5 Å². The fourth-order valence-electron chi connectivity index (χ4n) is 1.13. The lowest BCUT2D eigenvalue weighted by Crippen LogP contribution is -2.26. The van der Waals surface area contributed by atoms with Crippen LogP contribution in [0, 0.1) is 18.6 Å². The number of amides is 1. The van der Waals surface area contributed by atoms with Gasteiger partial charge in [-0.1, -0.05) is 28.6 Å². The van der Waals surface area contributed by atoms with E-state index in [1.54, 1.807) is 0 Å². The lowest BCUT2D eigenvalue weighted by atomic mass is 10.1. The van der Waals surface area contributed by atoms with E-state index in [1.165, 1.54) is 13.0 Å². The van der Waals surface area contributed by atoms with Gasteiger partial charge in [0.15, 0.2) is 0 Å². The minimum Gasteiger partial charge on any atom is -0.347 e. The maximum absolute atomic E-state index is 13.5. The number of nitrogens with one attached hydrogen (secondary N) is 1. The summed E-state index contributed by atoms with van der Waals surface area (Å²) in [6.45, 7) is 5.08. The van der Waals surface area contributed by atoms with E-state index in [9.17, 15) is 13.6 Å². The molecule has 1 aromatic carbocycles. The zero-order valence-corrected chi connectivity index (χ0v) is 10.2. The highest BCUT2D eigenvalue weighted by Crippen LogP contribution is 2.16. The van der Waals surface area contributed by atoms with Crippen molar-refractivity contribution in [3.63, 3.8) is 0 Å². The van der Waals surface area contributed by atoms with Crippen molar-refractivity contribution in [2.75, 3.05) is 6.54 Å². The van der Waals surface area contributed by atoms with Crippen LogP contribution in [0.15, 0.2) is 23.2 Å². The van der Waals surface area contributed by atoms with Gasteiger partial charge in [-0.25, -0.2) is 8.78 Å². The predicted octanol–water partition coefficient (Wildman–Crippen LogP) is 2.91. The smallest absolute Gasteiger partial charge is 0.257 e. The van der Waals surface area contributed by atoms with E-state index < -0.39 is 23.1 Å². The molecule has 0 aliphatic heterocycles. The number of carbonyl (C=O) groups excluding carboxylic acids is 1. The summed E-state index contributed by atoms with van der Waals surface area (Å²) in [5.41, 5.74) is -0.335. The Kier molecular flexibility index (Phi) is 4.18. The first-order valence-electron chi connectivity index (χ1n) is 4.49. The monoisotopic (exact) mass is 289 g/mol. The molecule has 1 rings (SSSR count). The maximum Gasteiger partial charge on any atom is 0.257 e. The normalized spacial score (nSPS) is 10.0. The van der Waals surface area contributed by atoms with Crippen molar-refractivity contribution < 1.29 is 13.6 Å². The molecule has 0 spiro atoms. The summed E-state index contributed by atoms with van der Waals surface area (Å²) >= 11 is 3.03. The Hall–Kier alpha value is -1.23. The Morgan fingerprint density at radius 1 is 1.50 bits per heavy atom. The molecule has 0 aliphatic carbocycles. The maximum atomic E-state index is 13.5. The molecule has 1 aromatic rings. The highest BCUT2D eigenvalue weighted by molar-refractivity contribution is 9.11. The van der Waals surface area contributed by atoms with Crippen LogP contribution in [0.1, 0.15) is 15.9 Å². The number of hydrogen-bond acceptors (Lipinski definition) is 1. The third kappa shape index (κ3) is 2.88. The average Bonchev–Trinajstić information content (AvgIpc) is 2.21. The molecule has 1 amide bonds. The van der Waals surface area contributed by atoms with Crippen molar-refractivity contribution in [3.8, 4) is 0 Å². The zero-order chi connectivity index (χ0) is 12.3. The molecule has 86 valence electrons. The molecule has 0 fully saturated rings. The second-order valence-corrected chi connectivity index (χ2v) is 4.37. The van der Waals surface area contributed by atoms with E-state index in [2.05, 4.69) is 27.8 Å². The molecular weight excluding hydrogens is 280 g/mol. The van der Waals surface area contributed by atoms with Crippen molar-refractivity contribution in [2.24, 2.45) is 0 Å². The van der Waals surface area contributed by atoms with Gasteiger partial charge in [-0.2, -0.15) is 0 Å². The SMILES string of the molecule is C=C(Br)CNC(=O)c1c(F)ccc(C)c1F. The second-order valence-electron chi connectivity index (χ2n) is 3.25. The van der Waals surface area contributed by atoms with Crippen molar-refractivity contribution in [1.29, 1.82) is 0 Å². The lowest BCUT2D eigenvalue weighted by molar-refractivity contribution is 0.0949. The van der Waals surface area contributed by atoms with Gasteiger partial charge in [-0.3, -0.25) is 4.79 Å². The van der Waals surface area contributed by atoms with E-state index in [-0.39, 0.29) is 12.1 Å². The third-order valence-electron chi connectivity index (χ3n) is 1.95. The van der Waals surface area contributed by atoms with E-state index in [0.717, 1.165) is 6.07 Å². The summed E-state index contributed by atoms with van der Waals surface area (Å²) in [5, 5.41) is 2.34. The van der Waals surface area contributed by atoms with Crippen molar-refractivity contribution in [2.45, 2.75) is 6.92 Å². The minimum absolute atomic E-state index is 0.117. The molecule has 0 saturated carbocycles. The van der Waals surface area contributed by atoms with E-state index >= 15 is 0 Å². The topological polar surface area (TPSA) is 29.1 Å². The van der Waals surface area contributed by atoms with Crippen LogP contribution in [0.3, 0.4) is 0 Å². The molecule has 0 radical (unpaired) electrons. The van der Waals surface area contributed by atoms with Crippen molar-refractivity contribution in [1.82, 2.24) is 5.32 Å². The molecule has 0 heterocycles. The van der Waals surface area contributed by atoms with E-state index in [1.807, 2.05) is 0 Å². The zero-order valence-electron chi connectivity index (χ0n) is 8.61. The predicted molar refractivity (Wildman–Crippen MR) is 61.5 cm³/mol. The Balaban J connectivity index is 2.99. The highest BCUT2D eigenvalue weighted by atomic mass is 79.9. The average molecular weight is 290 g/mol. The van der Waals surface area contributed by atoms with Gasteiger partial charge in [-0.05, 0) is 18.6 Å². The van der Waals surface area contributed by atoms with Gasteiger partial charge in [0.2, 0.25) is 0 Å². The molecule has 16 heavy (non-hydrogen) atoms. The number of benzene rings is 1. The molecular formula is C11H10BrF2NO. The highest BCUT2D eigenvalue weighted by Gasteiger charge is 2.18. The number of rotatable bonds is 3. The minimum atomic E-state index is -0.874. The van der Waals surface area contributed by atoms with Gasteiger partial charge in [-0.15, -0.1) is 0 Å². The molecule has 0 bridgehead atoms. The molecule has 1 N–H and O–H groups in total. The number of aryl methyl sites for hydroxylation is 1. The molecule has 0 aromatic heterocycles. The van der Waals surface area contributed by atoms with Gasteiger partial charge in [0, 0.05) is 11.0 Å². The summed E-state index contributed by atoms with van der Waals surface area (Å²) in [4.78, 5) is 11.5. The summed E-state index contributed by atoms with van der Waals surface area (Å²) < 4.78 is 27.3. The fourth-order valence-corrected chi connectivity index (χ4v) is 1.27. The molecule has 0 atom stereocenters. The van der Waals surface area contributed by atoms with Gasteiger partial charge < -0.3 is 5.32 Å². The van der Waals surface area contributed by atoms with E-state index in [0.29, 0.717) is 4.48 Å². The summed E-state index contributed by atoms with van der Waals surface area (Å²) in [6.07, 6.45) is 0. The van der Waals surface area contributed by atoms with Crippen LogP contribution in [0.5, 0.6) is 0 Å². The van der Waals surface area contributed by atoms with Crippen LogP contribution in [0.2, 0.25) is 0 Å². The number of hydrogen-bond donors (Lipinski definition) is 1. The first-order valence-corrected chi connectivity index (χ1v) is 5.29. The van der Waals surface area contributed by atoms with E-state index in [4.69, 9.17) is 0 Å². The first kappa shape index (κ1) is 12.8. The third-order valence-corrected chi connectivity index (χ3v) is 2.23. The van der Waals surface area contributed by atoms with Crippen LogP contribution < -0.4 is 5.32 Å². The van der Waals surface area contributed by atoms with Crippen LogP contribution in [0.25, 0.3) is 0 Å². The Morgan fingerprint density at radius 2 is 2.12 bits per heavy atom. The molecule has 0 unspecified atom stereocenters. The Bertz CT molecular complexity index is 446. The molecule has 2 nitrogen and oxygen atoms in total. The lowest BCUT2D eigenvalue weighted by Gasteiger charge is -2.07. The summed E-state index contributed by atoms with van der Waals surface area (Å²) in [6, 6.07) is 2.35. The summed E-state index contributed by atoms with van der Waals surface area (Å²) in [5.74, 6) is -2.50. The van der Waals surface area contributed by atoms with Crippen LogP contribution in [-0.2, 0) is 0 Å². The van der Waals surface area contributed by atoms with Crippen molar-refractivity contribution >= 4 is 21.8 Å². The quantitative estimate of drug-likeness (QED) is 0.911.